The number of amides is 1. The second-order valence-electron chi connectivity index (χ2n) is 4.65. The van der Waals surface area contributed by atoms with E-state index in [-0.39, 0.29) is 5.91 Å². The first-order valence-electron chi connectivity index (χ1n) is 6.34. The van der Waals surface area contributed by atoms with Crippen molar-refractivity contribution in [2.75, 3.05) is 16.5 Å². The minimum absolute atomic E-state index is 0.117. The lowest BCUT2D eigenvalue weighted by Crippen LogP contribution is -2.09. The maximum absolute atomic E-state index is 11.3. The number of hydrazone groups is 1. The Morgan fingerprint density at radius 2 is 2.10 bits per heavy atom. The molecule has 0 radical (unpaired) electrons. The topological polar surface area (TPSA) is 92.4 Å². The first kappa shape index (κ1) is 15.0. The summed E-state index contributed by atoms with van der Waals surface area (Å²) in [6, 6.07) is 3.90. The minimum atomic E-state index is -0.117. The normalized spacial score (nSPS) is 10.8. The molecule has 7 heteroatoms. The summed E-state index contributed by atoms with van der Waals surface area (Å²) in [4.78, 5) is 15.3. The molecule has 1 heterocycles. The third kappa shape index (κ3) is 4.03. The van der Waals surface area contributed by atoms with Crippen LogP contribution in [0.5, 0.6) is 0 Å². The van der Waals surface area contributed by atoms with Gasteiger partial charge in [-0.05, 0) is 37.1 Å². The van der Waals surface area contributed by atoms with Crippen molar-refractivity contribution in [3.05, 3.63) is 34.2 Å². The SMILES string of the molecule is CC(=O)Nc1cc(C)c(C)cc1C=NNc1nc(N)cs1. The molecule has 6 nitrogen and oxygen atoms in total. The molecule has 1 aromatic carbocycles. The highest BCUT2D eigenvalue weighted by Crippen LogP contribution is 2.20. The number of thiazole rings is 1. The molecule has 0 fully saturated rings. The monoisotopic (exact) mass is 303 g/mol. The van der Waals surface area contributed by atoms with E-state index in [0.29, 0.717) is 10.9 Å². The van der Waals surface area contributed by atoms with Gasteiger partial charge >= 0.3 is 0 Å². The molecule has 2 rings (SSSR count). The molecule has 21 heavy (non-hydrogen) atoms. The number of anilines is 3. The summed E-state index contributed by atoms with van der Waals surface area (Å²) in [7, 11) is 0. The lowest BCUT2D eigenvalue weighted by Gasteiger charge is -2.10. The zero-order chi connectivity index (χ0) is 15.4. The highest BCUT2D eigenvalue weighted by atomic mass is 32.1. The number of carbonyl (C=O) groups excluding carboxylic acids is 1. The van der Waals surface area contributed by atoms with Crippen LogP contribution in [-0.4, -0.2) is 17.1 Å². The standard InChI is InChI=1S/C14H17N5OS/c1-8-4-11(12(5-9(8)2)17-10(3)20)6-16-19-14-18-13(15)7-21-14/h4-7H,15H2,1-3H3,(H,17,20)(H,18,19). The van der Waals surface area contributed by atoms with Crippen LogP contribution in [0.15, 0.2) is 22.6 Å². The van der Waals surface area contributed by atoms with Crippen LogP contribution in [0.1, 0.15) is 23.6 Å². The Bertz CT molecular complexity index is 693. The van der Waals surface area contributed by atoms with E-state index >= 15 is 0 Å². The molecule has 0 aliphatic heterocycles. The van der Waals surface area contributed by atoms with Crippen LogP contribution >= 0.6 is 11.3 Å². The van der Waals surface area contributed by atoms with Gasteiger partial charge in [0.1, 0.15) is 5.82 Å². The van der Waals surface area contributed by atoms with Gasteiger partial charge in [0.25, 0.3) is 0 Å². The van der Waals surface area contributed by atoms with Crippen molar-refractivity contribution in [3.8, 4) is 0 Å². The maximum Gasteiger partial charge on any atom is 0.221 e. The van der Waals surface area contributed by atoms with E-state index in [0.717, 1.165) is 22.4 Å². The Hall–Kier alpha value is -2.41. The molecular weight excluding hydrogens is 286 g/mol. The van der Waals surface area contributed by atoms with Gasteiger partial charge in [-0.2, -0.15) is 5.10 Å². The second-order valence-corrected chi connectivity index (χ2v) is 5.51. The van der Waals surface area contributed by atoms with E-state index in [9.17, 15) is 4.79 Å². The Morgan fingerprint density at radius 1 is 1.38 bits per heavy atom. The van der Waals surface area contributed by atoms with Crippen molar-refractivity contribution < 1.29 is 4.79 Å². The van der Waals surface area contributed by atoms with Crippen LogP contribution < -0.4 is 16.5 Å². The fourth-order valence-electron chi connectivity index (χ4n) is 1.74. The van der Waals surface area contributed by atoms with Crippen LogP contribution in [0.4, 0.5) is 16.6 Å². The van der Waals surface area contributed by atoms with E-state index in [4.69, 9.17) is 5.73 Å². The van der Waals surface area contributed by atoms with Gasteiger partial charge in [0.05, 0.1) is 6.21 Å². The number of nitrogen functional groups attached to an aromatic ring is 1. The van der Waals surface area contributed by atoms with Crippen LogP contribution in [0.2, 0.25) is 0 Å². The number of nitrogens with two attached hydrogens (primary N) is 1. The summed E-state index contributed by atoms with van der Waals surface area (Å²) in [5.74, 6) is 0.344. The quantitative estimate of drug-likeness (QED) is 0.598. The largest absolute Gasteiger partial charge is 0.383 e. The van der Waals surface area contributed by atoms with Crippen LogP contribution in [0.25, 0.3) is 0 Å². The molecule has 0 saturated carbocycles. The predicted octanol–water partition coefficient (Wildman–Crippen LogP) is 2.75. The first-order chi connectivity index (χ1) is 9.95. The van der Waals surface area contributed by atoms with Gasteiger partial charge in [0.2, 0.25) is 11.0 Å². The summed E-state index contributed by atoms with van der Waals surface area (Å²) < 4.78 is 0. The number of nitrogens with one attached hydrogen (secondary N) is 2. The zero-order valence-corrected chi connectivity index (χ0v) is 12.9. The van der Waals surface area contributed by atoms with Crippen molar-refractivity contribution in [1.82, 2.24) is 4.98 Å². The van der Waals surface area contributed by atoms with Crippen molar-refractivity contribution in [2.45, 2.75) is 20.8 Å². The molecule has 0 aliphatic carbocycles. The van der Waals surface area contributed by atoms with E-state index in [2.05, 4.69) is 20.8 Å². The van der Waals surface area contributed by atoms with Gasteiger partial charge < -0.3 is 11.1 Å². The number of benzene rings is 1. The Labute approximate surface area is 127 Å². The third-order valence-corrected chi connectivity index (χ3v) is 3.63. The maximum atomic E-state index is 11.3. The van der Waals surface area contributed by atoms with Crippen molar-refractivity contribution in [2.24, 2.45) is 5.10 Å². The number of nitrogens with zero attached hydrogens (tertiary/aromatic N) is 2. The van der Waals surface area contributed by atoms with Gasteiger partial charge in [-0.25, -0.2) is 4.98 Å². The van der Waals surface area contributed by atoms with E-state index < -0.39 is 0 Å². The van der Waals surface area contributed by atoms with Gasteiger partial charge in [0, 0.05) is 23.6 Å². The van der Waals surface area contributed by atoms with E-state index in [1.165, 1.54) is 18.3 Å². The number of hydrogen-bond donors (Lipinski definition) is 3. The number of carbonyl (C=O) groups is 1. The molecule has 0 spiro atoms. The van der Waals surface area contributed by atoms with Gasteiger partial charge in [-0.1, -0.05) is 0 Å². The molecule has 1 aromatic heterocycles. The fraction of sp³-hybridized carbons (Fsp3) is 0.214. The number of aromatic nitrogens is 1. The average Bonchev–Trinajstić information content (AvgIpc) is 2.80. The molecule has 110 valence electrons. The number of aryl methyl sites for hydroxylation is 2. The summed E-state index contributed by atoms with van der Waals surface area (Å²) in [6.45, 7) is 5.49. The lowest BCUT2D eigenvalue weighted by atomic mass is 10.0. The lowest BCUT2D eigenvalue weighted by molar-refractivity contribution is -0.114. The Morgan fingerprint density at radius 3 is 2.71 bits per heavy atom. The summed E-state index contributed by atoms with van der Waals surface area (Å²) in [6.07, 6.45) is 1.65. The summed E-state index contributed by atoms with van der Waals surface area (Å²) >= 11 is 1.37. The van der Waals surface area contributed by atoms with Crippen LogP contribution in [0.3, 0.4) is 0 Å². The summed E-state index contributed by atoms with van der Waals surface area (Å²) in [5.41, 5.74) is 12.1. The van der Waals surface area contributed by atoms with E-state index in [1.807, 2.05) is 26.0 Å². The predicted molar refractivity (Wildman–Crippen MR) is 88.0 cm³/mol. The molecule has 0 atom stereocenters. The minimum Gasteiger partial charge on any atom is -0.383 e. The highest BCUT2D eigenvalue weighted by molar-refractivity contribution is 7.14. The first-order valence-corrected chi connectivity index (χ1v) is 7.22. The molecule has 1 amide bonds. The smallest absolute Gasteiger partial charge is 0.221 e. The van der Waals surface area contributed by atoms with Crippen molar-refractivity contribution in [3.63, 3.8) is 0 Å². The molecule has 0 saturated heterocycles. The molecule has 0 bridgehead atoms. The highest BCUT2D eigenvalue weighted by Gasteiger charge is 2.05. The second kappa shape index (κ2) is 6.36. The Balaban J connectivity index is 2.21. The summed E-state index contributed by atoms with van der Waals surface area (Å²) in [5, 5.41) is 9.29. The number of hydrogen-bond acceptors (Lipinski definition) is 6. The van der Waals surface area contributed by atoms with E-state index in [1.54, 1.807) is 11.6 Å². The third-order valence-electron chi connectivity index (χ3n) is 2.86. The Kier molecular flexibility index (Phi) is 4.54. The van der Waals surface area contributed by atoms with Crippen LogP contribution in [-0.2, 0) is 4.79 Å². The van der Waals surface area contributed by atoms with Gasteiger partial charge in [-0.15, -0.1) is 11.3 Å². The van der Waals surface area contributed by atoms with Gasteiger partial charge in [0.15, 0.2) is 0 Å². The fourth-order valence-corrected chi connectivity index (χ4v) is 2.29. The average molecular weight is 303 g/mol. The molecule has 2 aromatic rings. The number of rotatable bonds is 4. The van der Waals surface area contributed by atoms with Crippen molar-refractivity contribution >= 4 is 40.1 Å². The molecule has 4 N–H and O–H groups in total. The molecular formula is C14H17N5OS. The molecule has 0 unspecified atom stereocenters. The zero-order valence-electron chi connectivity index (χ0n) is 12.1. The van der Waals surface area contributed by atoms with Gasteiger partial charge in [-0.3, -0.25) is 10.2 Å². The van der Waals surface area contributed by atoms with Crippen molar-refractivity contribution in [1.29, 1.82) is 0 Å². The molecule has 0 aliphatic rings. The van der Waals surface area contributed by atoms with Crippen LogP contribution in [0, 0.1) is 13.8 Å².